The second kappa shape index (κ2) is 11.2. The van der Waals surface area contributed by atoms with E-state index in [2.05, 4.69) is 98.7 Å². The van der Waals surface area contributed by atoms with Gasteiger partial charge >= 0.3 is 169 Å². The second-order valence-electron chi connectivity index (χ2n) is 8.32. The standard InChI is InChI=1S/C12H18N.C9H7.C2H7Si.2ClH.Hf/c1-8(2)10-6-5-7-11(9(3)4)12(10)13;1-2-5-9-7-3-6-8(9)4-1;1-3-2;;;/h5-9,13H,1-4H3;1-7H;3H,1-2H3;2*1H;/q-1;;;;;+3/p-2. The number of nitrogens with one attached hydrogen (secondary N) is 1. The first kappa shape index (κ1) is 25.7. The van der Waals surface area contributed by atoms with Crippen LogP contribution < -0.4 is 28.1 Å². The van der Waals surface area contributed by atoms with Gasteiger partial charge in [0, 0.05) is 0 Å². The Hall–Kier alpha value is -0.353. The monoisotopic (exact) mass is 600 g/mol. The smallest absolute Gasteiger partial charge is 1.00 e. The van der Waals surface area contributed by atoms with Crippen molar-refractivity contribution in [3.63, 3.8) is 0 Å². The van der Waals surface area contributed by atoms with Gasteiger partial charge < -0.3 is 24.8 Å². The second-order valence-corrected chi connectivity index (χ2v) is 34.6. The van der Waals surface area contributed by atoms with E-state index in [4.69, 9.17) is 0 Å². The average molecular weight is 600 g/mol. The van der Waals surface area contributed by atoms with Gasteiger partial charge in [-0.05, 0) is 0 Å². The van der Waals surface area contributed by atoms with Gasteiger partial charge in [0.2, 0.25) is 0 Å². The summed E-state index contributed by atoms with van der Waals surface area (Å²) in [5.74, 6) is 0.398. The first-order chi connectivity index (χ1) is 12.4. The molecule has 0 saturated carbocycles. The van der Waals surface area contributed by atoms with Crippen LogP contribution in [-0.4, -0.2) is 5.98 Å². The third kappa shape index (κ3) is 5.41. The van der Waals surface area contributed by atoms with Gasteiger partial charge in [-0.2, -0.15) is 0 Å². The van der Waals surface area contributed by atoms with Crippen molar-refractivity contribution in [1.29, 1.82) is 0 Å². The van der Waals surface area contributed by atoms with Gasteiger partial charge in [-0.3, -0.25) is 0 Å². The molecule has 1 aliphatic carbocycles. The summed E-state index contributed by atoms with van der Waals surface area (Å²) < 4.78 is 4.98. The molecule has 0 bridgehead atoms. The molecular weight excluding hydrogens is 568 g/mol. The molecule has 2 aromatic carbocycles. The summed E-state index contributed by atoms with van der Waals surface area (Å²) in [6, 6.07) is 15.9. The number of anilines is 1. The van der Waals surface area contributed by atoms with Gasteiger partial charge in [-0.15, -0.1) is 0 Å². The van der Waals surface area contributed by atoms with E-state index in [-0.39, 0.29) is 24.8 Å². The molecule has 0 fully saturated rings. The van der Waals surface area contributed by atoms with Gasteiger partial charge in [0.05, 0.1) is 0 Å². The van der Waals surface area contributed by atoms with E-state index in [0.717, 1.165) is 0 Å². The van der Waals surface area contributed by atoms with Gasteiger partial charge in [0.1, 0.15) is 0 Å². The van der Waals surface area contributed by atoms with Gasteiger partial charge in [-0.1, -0.05) is 0 Å². The minimum atomic E-state index is -2.06. The molecule has 1 N–H and O–H groups in total. The largest absolute Gasteiger partial charge is 1.00 e. The average Bonchev–Trinajstić information content (AvgIpc) is 3.02. The molecule has 0 spiro atoms. The SMILES string of the molecule is CC(C)c1cccc(C(C)C)c1[NH][Hf+2]([CH]1C=Cc2ccccc21)[SiH](C)C.[Cl-].[Cl-]. The summed E-state index contributed by atoms with van der Waals surface area (Å²) in [5, 5.41) is 0. The van der Waals surface area contributed by atoms with E-state index in [1.165, 1.54) is 22.4 Å². The summed E-state index contributed by atoms with van der Waals surface area (Å²) in [6.07, 6.45) is 4.88. The van der Waals surface area contributed by atoms with E-state index in [0.29, 0.717) is 15.5 Å². The molecule has 28 heavy (non-hydrogen) atoms. The Labute approximate surface area is 192 Å². The van der Waals surface area contributed by atoms with Crippen LogP contribution >= 0.6 is 0 Å². The summed E-state index contributed by atoms with van der Waals surface area (Å²) in [6.45, 7) is 14.4. The van der Waals surface area contributed by atoms with Gasteiger partial charge in [0.15, 0.2) is 0 Å². The van der Waals surface area contributed by atoms with Crippen molar-refractivity contribution < 1.29 is 45.7 Å². The molecule has 0 aliphatic heterocycles. The molecule has 0 saturated heterocycles. The van der Waals surface area contributed by atoms with Crippen molar-refractivity contribution in [2.75, 3.05) is 3.30 Å². The van der Waals surface area contributed by atoms with Crippen molar-refractivity contribution in [3.8, 4) is 0 Å². The van der Waals surface area contributed by atoms with Gasteiger partial charge in [0.25, 0.3) is 0 Å². The maximum Gasteiger partial charge on any atom is -1.00 e. The fourth-order valence-corrected chi connectivity index (χ4v) is 25.2. The molecule has 0 heterocycles. The minimum Gasteiger partial charge on any atom is -1.00 e. The van der Waals surface area contributed by atoms with E-state index in [1.54, 1.807) is 5.56 Å². The maximum atomic E-state index is 4.28. The molecular formula is C23H32Cl2HfNSi. The third-order valence-corrected chi connectivity index (χ3v) is 30.3. The van der Waals surface area contributed by atoms with E-state index < -0.39 is 26.9 Å². The normalized spacial score (nSPS) is 14.7. The molecule has 3 rings (SSSR count). The van der Waals surface area contributed by atoms with Crippen molar-refractivity contribution in [1.82, 2.24) is 0 Å². The molecule has 2 aromatic rings. The van der Waals surface area contributed by atoms with Crippen LogP contribution in [0.4, 0.5) is 5.69 Å². The predicted molar refractivity (Wildman–Crippen MR) is 115 cm³/mol. The van der Waals surface area contributed by atoms with Crippen LogP contribution in [0.1, 0.15) is 65.5 Å². The van der Waals surface area contributed by atoms with E-state index in [9.17, 15) is 0 Å². The number of fused-ring (bicyclic) bond motifs is 1. The topological polar surface area (TPSA) is 12.0 Å². The molecule has 0 amide bonds. The first-order valence-electron chi connectivity index (χ1n) is 9.93. The predicted octanol–water partition coefficient (Wildman–Crippen LogP) is 0.638. The van der Waals surface area contributed by atoms with E-state index in [1.807, 2.05) is 0 Å². The zero-order valence-corrected chi connectivity index (χ0v) is 24.0. The van der Waals surface area contributed by atoms with Gasteiger partial charge in [-0.25, -0.2) is 0 Å². The van der Waals surface area contributed by atoms with Crippen LogP contribution in [0, 0.1) is 0 Å². The molecule has 151 valence electrons. The van der Waals surface area contributed by atoms with Crippen LogP contribution in [0.15, 0.2) is 48.5 Å². The van der Waals surface area contributed by atoms with Crippen molar-refractivity contribution in [2.45, 2.75) is 56.3 Å². The Bertz CT molecular complexity index is 779. The van der Waals surface area contributed by atoms with Crippen molar-refractivity contribution >= 4 is 17.7 Å². The van der Waals surface area contributed by atoms with Crippen LogP contribution in [-0.2, 0) is 20.9 Å². The van der Waals surface area contributed by atoms with E-state index >= 15 is 0 Å². The number of hydrogen-bond acceptors (Lipinski definition) is 1. The fraction of sp³-hybridized carbons (Fsp3) is 0.391. The van der Waals surface area contributed by atoms with Crippen LogP contribution in [0.3, 0.4) is 0 Å². The molecule has 0 aromatic heterocycles. The first-order valence-corrected chi connectivity index (χ1v) is 22.9. The van der Waals surface area contributed by atoms with Crippen LogP contribution in [0.5, 0.6) is 0 Å². The summed E-state index contributed by atoms with van der Waals surface area (Å²) in [5.41, 5.74) is 7.51. The number of para-hydroxylation sites is 1. The van der Waals surface area contributed by atoms with Crippen molar-refractivity contribution in [2.24, 2.45) is 0 Å². The van der Waals surface area contributed by atoms with Crippen molar-refractivity contribution in [3.05, 3.63) is 70.8 Å². The minimum absolute atomic E-state index is 0. The third-order valence-electron chi connectivity index (χ3n) is 5.40. The van der Waals surface area contributed by atoms with Crippen LogP contribution in [0.2, 0.25) is 13.1 Å². The van der Waals surface area contributed by atoms with Crippen LogP contribution in [0.25, 0.3) is 6.08 Å². The molecule has 1 atom stereocenters. The molecule has 1 unspecified atom stereocenters. The number of allylic oxidation sites excluding steroid dienone is 1. The molecule has 1 aliphatic rings. The number of benzene rings is 2. The zero-order valence-electron chi connectivity index (χ0n) is 17.8. The number of rotatable bonds is 6. The molecule has 0 radical (unpaired) electrons. The number of halogens is 2. The zero-order chi connectivity index (χ0) is 18.8. The Morgan fingerprint density at radius 3 is 1.96 bits per heavy atom. The maximum absolute atomic E-state index is 4.28. The fourth-order valence-electron chi connectivity index (χ4n) is 3.94. The summed E-state index contributed by atoms with van der Waals surface area (Å²) in [4.78, 5) is 0. The molecule has 1 nitrogen and oxygen atoms in total. The number of hydrogen-bond donors (Lipinski definition) is 1. The Kier molecular flexibility index (Phi) is 10.2. The summed E-state index contributed by atoms with van der Waals surface area (Å²) >= 11 is -2.06. The Balaban J connectivity index is 0.00000196. The molecule has 5 heteroatoms. The quantitative estimate of drug-likeness (QED) is 0.481. The Morgan fingerprint density at radius 2 is 1.43 bits per heavy atom. The Morgan fingerprint density at radius 1 is 0.857 bits per heavy atom. The summed E-state index contributed by atoms with van der Waals surface area (Å²) in [7, 11) is 0.